The molecule has 6 N–H and O–H groups in total. The molecule has 1 saturated heterocycles. The number of aliphatic hydroxyl groups excluding tert-OH is 2. The van der Waals surface area contributed by atoms with E-state index in [1.807, 2.05) is 0 Å². The Morgan fingerprint density at radius 1 is 1.50 bits per heavy atom. The van der Waals surface area contributed by atoms with Gasteiger partial charge in [0.05, 0.1) is 12.6 Å². The van der Waals surface area contributed by atoms with E-state index in [1.165, 1.54) is 0 Å². The number of halogens is 1. The van der Waals surface area contributed by atoms with Crippen LogP contribution in [0.5, 0.6) is 0 Å². The van der Waals surface area contributed by atoms with Crippen LogP contribution in [0.4, 0.5) is 4.39 Å². The minimum Gasteiger partial charge on any atom is -0.394 e. The first kappa shape index (κ1) is 13.9. The van der Waals surface area contributed by atoms with Crippen molar-refractivity contribution in [3.05, 3.63) is 0 Å². The van der Waals surface area contributed by atoms with Crippen LogP contribution in [0.3, 0.4) is 0 Å². The Morgan fingerprint density at radius 2 is 2.06 bits per heavy atom. The molecule has 0 aliphatic carbocycles. The van der Waals surface area contributed by atoms with Crippen molar-refractivity contribution in [3.8, 4) is 0 Å². The zero-order chi connectivity index (χ0) is 12.5. The average molecular weight is 261 g/mol. The van der Waals surface area contributed by atoms with E-state index < -0.39 is 45.1 Å². The van der Waals surface area contributed by atoms with Gasteiger partial charge in [0.15, 0.2) is 6.29 Å². The van der Waals surface area contributed by atoms with Crippen LogP contribution in [0, 0.1) is 0 Å². The summed E-state index contributed by atoms with van der Waals surface area (Å²) in [6.07, 6.45) is -6.75. The van der Waals surface area contributed by atoms with Crippen LogP contribution in [0.25, 0.3) is 0 Å². The van der Waals surface area contributed by atoms with E-state index in [0.29, 0.717) is 0 Å². The van der Waals surface area contributed by atoms with E-state index in [-0.39, 0.29) is 0 Å². The number of ether oxygens (including phenoxy) is 1. The van der Waals surface area contributed by atoms with Gasteiger partial charge < -0.3 is 30.5 Å². The number of nitrogens with two attached hydrogens (primary N) is 1. The van der Waals surface area contributed by atoms with Gasteiger partial charge in [0.25, 0.3) is 0 Å². The van der Waals surface area contributed by atoms with Crippen molar-refractivity contribution in [2.24, 2.45) is 5.73 Å². The van der Waals surface area contributed by atoms with Crippen LogP contribution in [0.2, 0.25) is 0 Å². The second-order valence-electron chi connectivity index (χ2n) is 3.33. The van der Waals surface area contributed by atoms with Gasteiger partial charge in [-0.2, -0.15) is 0 Å². The summed E-state index contributed by atoms with van der Waals surface area (Å²) in [5.74, 6) is 0. The Kier molecular flexibility index (Phi) is 4.38. The van der Waals surface area contributed by atoms with Gasteiger partial charge in [0.2, 0.25) is 0 Å². The van der Waals surface area contributed by atoms with Crippen molar-refractivity contribution < 1.29 is 38.2 Å². The lowest BCUT2D eigenvalue weighted by Gasteiger charge is -2.38. The van der Waals surface area contributed by atoms with Crippen molar-refractivity contribution in [3.63, 3.8) is 0 Å². The molecule has 1 heterocycles. The summed E-state index contributed by atoms with van der Waals surface area (Å²) in [6, 6.07) is -1.55. The monoisotopic (exact) mass is 261 g/mol. The number of rotatable bonds is 3. The smallest absolute Gasteiger partial charge is 0.394 e. The summed E-state index contributed by atoms with van der Waals surface area (Å²) in [5, 5.41) is 18.0. The van der Waals surface area contributed by atoms with Crippen molar-refractivity contribution in [2.75, 3.05) is 6.61 Å². The molecule has 1 aliphatic rings. The van der Waals surface area contributed by atoms with E-state index in [0.717, 1.165) is 0 Å². The normalized spacial score (nSPS) is 41.0. The van der Waals surface area contributed by atoms with E-state index in [9.17, 15) is 14.1 Å². The molecule has 0 spiro atoms. The molecule has 0 unspecified atom stereocenters. The molecular formula is C6H13FNO7P. The zero-order valence-corrected chi connectivity index (χ0v) is 8.90. The largest absolute Gasteiger partial charge is 0.471 e. The lowest BCUT2D eigenvalue weighted by Crippen LogP contribution is -2.60. The fraction of sp³-hybridized carbons (Fsp3) is 1.00. The van der Waals surface area contributed by atoms with Crippen LogP contribution in [0.1, 0.15) is 0 Å². The molecule has 96 valence electrons. The lowest BCUT2D eigenvalue weighted by molar-refractivity contribution is -0.231. The van der Waals surface area contributed by atoms with Gasteiger partial charge in [-0.05, 0) is 0 Å². The standard InChI is InChI=1S/C6H13FNO7P/c7-3-4(8)6(15-16(11,12)13)14-2(1-9)5(3)10/h2-6,9-10H,1,8H2,(H2,11,12,13)/t2-,3-,4-,5-,6+/m1/s1. The number of phosphoric ester groups is 1. The van der Waals surface area contributed by atoms with Crippen LogP contribution in [-0.2, 0) is 13.8 Å². The van der Waals surface area contributed by atoms with Crippen LogP contribution in [0.15, 0.2) is 0 Å². The minimum absolute atomic E-state index is 0.727. The van der Waals surface area contributed by atoms with Gasteiger partial charge >= 0.3 is 7.82 Å². The Bertz CT molecular complexity index is 284. The molecule has 8 nitrogen and oxygen atoms in total. The van der Waals surface area contributed by atoms with E-state index in [1.54, 1.807) is 0 Å². The number of hydrogen-bond acceptors (Lipinski definition) is 6. The quantitative estimate of drug-likeness (QED) is 0.361. The second kappa shape index (κ2) is 5.03. The van der Waals surface area contributed by atoms with Crippen LogP contribution in [-0.4, -0.2) is 57.3 Å². The van der Waals surface area contributed by atoms with E-state index >= 15 is 0 Å². The molecule has 0 amide bonds. The van der Waals surface area contributed by atoms with Gasteiger partial charge in [-0.25, -0.2) is 8.96 Å². The Labute approximate surface area is 90.0 Å². The Hall–Kier alpha value is -0.120. The first-order chi connectivity index (χ1) is 7.26. The minimum atomic E-state index is -4.89. The highest BCUT2D eigenvalue weighted by Gasteiger charge is 2.46. The van der Waals surface area contributed by atoms with Gasteiger partial charge in [-0.1, -0.05) is 0 Å². The van der Waals surface area contributed by atoms with Crippen molar-refractivity contribution in [2.45, 2.75) is 30.7 Å². The number of aliphatic hydroxyl groups is 2. The maximum Gasteiger partial charge on any atom is 0.471 e. The zero-order valence-electron chi connectivity index (χ0n) is 8.01. The molecular weight excluding hydrogens is 248 g/mol. The summed E-state index contributed by atoms with van der Waals surface area (Å²) in [5.41, 5.74) is 5.23. The third-order valence-electron chi connectivity index (χ3n) is 2.12. The summed E-state index contributed by atoms with van der Waals surface area (Å²) in [6.45, 7) is -0.727. The molecule has 1 fully saturated rings. The lowest BCUT2D eigenvalue weighted by atomic mass is 9.99. The predicted octanol–water partition coefficient (Wildman–Crippen LogP) is -2.16. The van der Waals surface area contributed by atoms with Crippen molar-refractivity contribution in [1.29, 1.82) is 0 Å². The van der Waals surface area contributed by atoms with Gasteiger partial charge in [0, 0.05) is 0 Å². The maximum absolute atomic E-state index is 13.3. The molecule has 1 rings (SSSR count). The summed E-state index contributed by atoms with van der Waals surface area (Å²) >= 11 is 0. The SMILES string of the molecule is N[C@H]1[C@H](OP(=O)(O)O)O[C@H](CO)[C@@H](O)[C@@H]1F. The molecule has 5 atom stereocenters. The molecule has 16 heavy (non-hydrogen) atoms. The molecule has 0 saturated carbocycles. The average Bonchev–Trinajstić information content (AvgIpc) is 2.17. The molecule has 1 aliphatic heterocycles. The van der Waals surface area contributed by atoms with E-state index in [2.05, 4.69) is 4.52 Å². The van der Waals surface area contributed by atoms with E-state index in [4.69, 9.17) is 25.4 Å². The highest BCUT2D eigenvalue weighted by molar-refractivity contribution is 7.46. The Balaban J connectivity index is 2.75. The van der Waals surface area contributed by atoms with Crippen molar-refractivity contribution >= 4 is 7.82 Å². The number of phosphoric acid groups is 1. The summed E-state index contributed by atoms with van der Waals surface area (Å²) in [4.78, 5) is 17.0. The molecule has 0 aromatic carbocycles. The number of alkyl halides is 1. The Morgan fingerprint density at radius 3 is 2.50 bits per heavy atom. The van der Waals surface area contributed by atoms with Crippen molar-refractivity contribution in [1.82, 2.24) is 0 Å². The fourth-order valence-corrected chi connectivity index (χ4v) is 1.77. The third kappa shape index (κ3) is 3.19. The first-order valence-corrected chi connectivity index (χ1v) is 5.87. The summed E-state index contributed by atoms with van der Waals surface area (Å²) < 4.78 is 32.7. The first-order valence-electron chi connectivity index (χ1n) is 4.34. The molecule has 10 heteroatoms. The molecule has 0 bridgehead atoms. The number of hydrogen-bond donors (Lipinski definition) is 5. The topological polar surface area (TPSA) is 142 Å². The second-order valence-corrected chi connectivity index (χ2v) is 4.53. The molecule has 0 radical (unpaired) electrons. The molecule has 0 aromatic rings. The van der Waals surface area contributed by atoms with Crippen LogP contribution < -0.4 is 5.73 Å². The predicted molar refractivity (Wildman–Crippen MR) is 47.8 cm³/mol. The van der Waals surface area contributed by atoms with Gasteiger partial charge in [-0.3, -0.25) is 4.52 Å². The van der Waals surface area contributed by atoms with Crippen LogP contribution >= 0.6 is 7.82 Å². The van der Waals surface area contributed by atoms with Gasteiger partial charge in [0.1, 0.15) is 18.4 Å². The molecule has 0 aromatic heterocycles. The fourth-order valence-electron chi connectivity index (χ4n) is 1.31. The maximum atomic E-state index is 13.3. The van der Waals surface area contributed by atoms with Gasteiger partial charge in [-0.15, -0.1) is 0 Å². The highest BCUT2D eigenvalue weighted by Crippen LogP contribution is 2.40. The summed E-state index contributed by atoms with van der Waals surface area (Å²) in [7, 11) is -4.89. The highest BCUT2D eigenvalue weighted by atomic mass is 31.2. The third-order valence-corrected chi connectivity index (χ3v) is 2.60.